The van der Waals surface area contributed by atoms with Gasteiger partial charge in [-0.05, 0) is 51.0 Å². The van der Waals surface area contributed by atoms with Gasteiger partial charge in [0.25, 0.3) is 0 Å². The summed E-state index contributed by atoms with van der Waals surface area (Å²) in [6.07, 6.45) is 6.37. The summed E-state index contributed by atoms with van der Waals surface area (Å²) >= 11 is 0. The first-order valence-corrected chi connectivity index (χ1v) is 13.2. The van der Waals surface area contributed by atoms with Crippen LogP contribution in [0, 0.1) is 0 Å². The van der Waals surface area contributed by atoms with E-state index in [2.05, 4.69) is 12.2 Å². The summed E-state index contributed by atoms with van der Waals surface area (Å²) in [5, 5.41) is 3.09. The van der Waals surface area contributed by atoms with Crippen LogP contribution in [0.3, 0.4) is 0 Å². The smallest absolute Gasteiger partial charge is 0.349 e. The molecule has 0 aliphatic heterocycles. The zero-order valence-corrected chi connectivity index (χ0v) is 23.2. The molecule has 0 fully saturated rings. The van der Waals surface area contributed by atoms with E-state index in [4.69, 9.17) is 18.9 Å². The Morgan fingerprint density at radius 3 is 2.19 bits per heavy atom. The van der Waals surface area contributed by atoms with E-state index in [1.54, 1.807) is 47.1 Å². The summed E-state index contributed by atoms with van der Waals surface area (Å²) in [7, 11) is 3.22. The number of carbonyl (C=O) groups excluding carboxylic acids is 2. The van der Waals surface area contributed by atoms with E-state index in [1.165, 1.54) is 19.3 Å². The number of nitrogens with one attached hydrogen (secondary N) is 1. The number of rotatable bonds is 16. The third kappa shape index (κ3) is 9.30. The quantitative estimate of drug-likeness (QED) is 0.213. The van der Waals surface area contributed by atoms with Gasteiger partial charge in [-0.2, -0.15) is 0 Å². The largest absolute Gasteiger partial charge is 0.497 e. The molecule has 0 saturated carbocycles. The highest BCUT2D eigenvalue weighted by Gasteiger charge is 2.31. The molecule has 2 aromatic rings. The van der Waals surface area contributed by atoms with Gasteiger partial charge in [-0.15, -0.1) is 0 Å². The lowest BCUT2D eigenvalue weighted by Gasteiger charge is -2.24. The van der Waals surface area contributed by atoms with Crippen LogP contribution in [0.25, 0.3) is 0 Å². The van der Waals surface area contributed by atoms with Crippen molar-refractivity contribution in [2.75, 3.05) is 20.8 Å². The second-order valence-corrected chi connectivity index (χ2v) is 9.56. The Bertz CT molecular complexity index is 986. The third-order valence-electron chi connectivity index (χ3n) is 6.26. The van der Waals surface area contributed by atoms with Gasteiger partial charge in [-0.3, -0.25) is 4.79 Å². The molecule has 0 saturated heterocycles. The number of carbonyl (C=O) groups is 2. The Labute approximate surface area is 221 Å². The highest BCUT2D eigenvalue weighted by molar-refractivity contribution is 5.84. The van der Waals surface area contributed by atoms with Crippen molar-refractivity contribution in [3.8, 4) is 17.2 Å². The second kappa shape index (κ2) is 15.1. The molecule has 2 rings (SSSR count). The molecule has 0 spiro atoms. The summed E-state index contributed by atoms with van der Waals surface area (Å²) in [5.41, 5.74) is 0.701. The normalized spacial score (nSPS) is 11.9. The van der Waals surface area contributed by atoms with Crippen LogP contribution in [-0.4, -0.2) is 38.3 Å². The first kappa shape index (κ1) is 30.0. The maximum absolute atomic E-state index is 13.4. The summed E-state index contributed by atoms with van der Waals surface area (Å²) in [5.74, 6) is 1.12. The number of esters is 1. The molecule has 0 bridgehead atoms. The molecule has 7 heteroatoms. The Morgan fingerprint density at radius 2 is 1.57 bits per heavy atom. The molecule has 0 aliphatic rings. The van der Waals surface area contributed by atoms with Crippen LogP contribution in [0.5, 0.6) is 17.2 Å². The van der Waals surface area contributed by atoms with Crippen molar-refractivity contribution in [2.45, 2.75) is 84.3 Å². The van der Waals surface area contributed by atoms with E-state index in [-0.39, 0.29) is 11.8 Å². The fourth-order valence-electron chi connectivity index (χ4n) is 4.12. The predicted molar refractivity (Wildman–Crippen MR) is 145 cm³/mol. The van der Waals surface area contributed by atoms with Crippen LogP contribution < -0.4 is 19.5 Å². The van der Waals surface area contributed by atoms with Gasteiger partial charge in [0.2, 0.25) is 5.91 Å². The number of methoxy groups -OCH3 is 2. The molecule has 1 atom stereocenters. The minimum Gasteiger partial charge on any atom is -0.497 e. The van der Waals surface area contributed by atoms with Gasteiger partial charge in [0.05, 0.1) is 26.7 Å². The zero-order valence-electron chi connectivity index (χ0n) is 23.2. The van der Waals surface area contributed by atoms with Crippen molar-refractivity contribution in [1.29, 1.82) is 0 Å². The van der Waals surface area contributed by atoms with Gasteiger partial charge in [0.15, 0.2) is 5.60 Å². The SMILES string of the molecule is CCCCCCCC(C(=O)NCc1ccc(OC(C)(C)C(=O)OCC)cc1)c1ccc(OC)cc1OC. The molecule has 0 heterocycles. The topological polar surface area (TPSA) is 83.1 Å². The molecule has 1 unspecified atom stereocenters. The average Bonchev–Trinajstić information content (AvgIpc) is 2.90. The number of hydrogen-bond donors (Lipinski definition) is 1. The van der Waals surface area contributed by atoms with Gasteiger partial charge >= 0.3 is 5.97 Å². The fraction of sp³-hybridized carbons (Fsp3) is 0.533. The second-order valence-electron chi connectivity index (χ2n) is 9.56. The van der Waals surface area contributed by atoms with Crippen LogP contribution in [-0.2, 0) is 20.9 Å². The van der Waals surface area contributed by atoms with Crippen molar-refractivity contribution in [3.63, 3.8) is 0 Å². The van der Waals surface area contributed by atoms with Crippen LogP contribution in [0.1, 0.15) is 83.3 Å². The maximum Gasteiger partial charge on any atom is 0.349 e. The monoisotopic (exact) mass is 513 g/mol. The van der Waals surface area contributed by atoms with Crippen molar-refractivity contribution in [1.82, 2.24) is 5.32 Å². The molecular formula is C30H43NO6. The van der Waals surface area contributed by atoms with Crippen LogP contribution in [0.4, 0.5) is 0 Å². The lowest BCUT2D eigenvalue weighted by atomic mass is 9.91. The molecule has 0 radical (unpaired) electrons. The van der Waals surface area contributed by atoms with Crippen molar-refractivity contribution < 1.29 is 28.5 Å². The molecule has 1 N–H and O–H groups in total. The third-order valence-corrected chi connectivity index (χ3v) is 6.26. The van der Waals surface area contributed by atoms with Crippen molar-refractivity contribution in [2.24, 2.45) is 0 Å². The highest BCUT2D eigenvalue weighted by atomic mass is 16.6. The molecule has 7 nitrogen and oxygen atoms in total. The van der Waals surface area contributed by atoms with Crippen LogP contribution in [0.2, 0.25) is 0 Å². The average molecular weight is 514 g/mol. The number of unbranched alkanes of at least 4 members (excludes halogenated alkanes) is 4. The first-order valence-electron chi connectivity index (χ1n) is 13.2. The van der Waals surface area contributed by atoms with Crippen LogP contribution in [0.15, 0.2) is 42.5 Å². The minimum atomic E-state index is -1.09. The molecular weight excluding hydrogens is 470 g/mol. The summed E-state index contributed by atoms with van der Waals surface area (Å²) in [4.78, 5) is 25.5. The van der Waals surface area contributed by atoms with Gasteiger partial charge in [0, 0.05) is 18.2 Å². The summed E-state index contributed by atoms with van der Waals surface area (Å²) in [6.45, 7) is 7.98. The van der Waals surface area contributed by atoms with E-state index in [1.807, 2.05) is 30.3 Å². The van der Waals surface area contributed by atoms with Gasteiger partial charge in [-0.25, -0.2) is 4.79 Å². The Kier molecular flexibility index (Phi) is 12.3. The first-order chi connectivity index (χ1) is 17.7. The zero-order chi connectivity index (χ0) is 27.3. The Hall–Kier alpha value is -3.22. The van der Waals surface area contributed by atoms with Crippen LogP contribution >= 0.6 is 0 Å². The van der Waals surface area contributed by atoms with E-state index in [0.29, 0.717) is 30.4 Å². The Morgan fingerprint density at radius 1 is 0.892 bits per heavy atom. The number of hydrogen-bond acceptors (Lipinski definition) is 6. The van der Waals surface area contributed by atoms with E-state index >= 15 is 0 Å². The van der Waals surface area contributed by atoms with E-state index < -0.39 is 11.6 Å². The lowest BCUT2D eigenvalue weighted by molar-refractivity contribution is -0.158. The number of benzene rings is 2. The van der Waals surface area contributed by atoms with Gasteiger partial charge in [0.1, 0.15) is 17.2 Å². The standard InChI is InChI=1S/C30H43NO6/c1-7-9-10-11-12-13-26(25-19-18-24(34-5)20-27(25)35-6)28(32)31-21-22-14-16-23(17-15-22)37-30(3,4)29(33)36-8-2/h14-20,26H,7-13,21H2,1-6H3,(H,31,32). The molecule has 0 aromatic heterocycles. The summed E-state index contributed by atoms with van der Waals surface area (Å²) < 4.78 is 21.8. The summed E-state index contributed by atoms with van der Waals surface area (Å²) in [6, 6.07) is 13.0. The Balaban J connectivity index is 2.08. The molecule has 2 aromatic carbocycles. The molecule has 37 heavy (non-hydrogen) atoms. The van der Waals surface area contributed by atoms with E-state index in [9.17, 15) is 9.59 Å². The number of ether oxygens (including phenoxy) is 4. The molecule has 204 valence electrons. The van der Waals surface area contributed by atoms with Crippen molar-refractivity contribution in [3.05, 3.63) is 53.6 Å². The van der Waals surface area contributed by atoms with Gasteiger partial charge in [-0.1, -0.05) is 57.2 Å². The van der Waals surface area contributed by atoms with E-state index in [0.717, 1.165) is 30.4 Å². The number of amides is 1. The molecule has 1 amide bonds. The highest BCUT2D eigenvalue weighted by Crippen LogP contribution is 2.34. The lowest BCUT2D eigenvalue weighted by Crippen LogP contribution is -2.39. The molecule has 0 aliphatic carbocycles. The fourth-order valence-corrected chi connectivity index (χ4v) is 4.12. The minimum absolute atomic E-state index is 0.0391. The predicted octanol–water partition coefficient (Wildman–Crippen LogP) is 6.18. The van der Waals surface area contributed by atoms with Crippen molar-refractivity contribution >= 4 is 11.9 Å². The van der Waals surface area contributed by atoms with Gasteiger partial charge < -0.3 is 24.3 Å². The maximum atomic E-state index is 13.4.